The van der Waals surface area contributed by atoms with E-state index in [1.54, 1.807) is 0 Å². The van der Waals surface area contributed by atoms with Gasteiger partial charge in [0, 0.05) is 24.2 Å². The fraction of sp³-hybridized carbons (Fsp3) is 0.407. The van der Waals surface area contributed by atoms with Crippen LogP contribution in [0.5, 0.6) is 0 Å². The minimum Gasteiger partial charge on any atom is -0.298 e. The van der Waals surface area contributed by atoms with Crippen LogP contribution < -0.4 is 10.5 Å². The largest absolute Gasteiger partial charge is 0.298 e. The summed E-state index contributed by atoms with van der Waals surface area (Å²) in [5, 5.41) is 0. The van der Waals surface area contributed by atoms with Crippen molar-refractivity contribution in [1.82, 2.24) is 14.5 Å². The first-order chi connectivity index (χ1) is 15.5. The molecule has 0 fully saturated rings. The number of hydrogen-bond acceptors (Lipinski definition) is 4. The van der Waals surface area contributed by atoms with Gasteiger partial charge in [0.05, 0.1) is 19.0 Å². The van der Waals surface area contributed by atoms with Crippen molar-refractivity contribution in [2.24, 2.45) is 0 Å². The van der Waals surface area contributed by atoms with E-state index in [2.05, 4.69) is 60.9 Å². The van der Waals surface area contributed by atoms with E-state index in [1.807, 2.05) is 29.7 Å². The Bertz CT molecular complexity index is 1140. The minimum absolute atomic E-state index is 0.0758. The van der Waals surface area contributed by atoms with Crippen molar-refractivity contribution in [3.63, 3.8) is 0 Å². The van der Waals surface area contributed by atoms with E-state index >= 15 is 0 Å². The Kier molecular flexibility index (Phi) is 6.75. The van der Waals surface area contributed by atoms with E-state index in [-0.39, 0.29) is 5.56 Å². The molecule has 0 atom stereocenters. The van der Waals surface area contributed by atoms with Crippen LogP contribution >= 0.6 is 0 Å². The summed E-state index contributed by atoms with van der Waals surface area (Å²) in [6.45, 7) is 10.8. The van der Waals surface area contributed by atoms with Crippen LogP contribution in [0, 0.1) is 20.8 Å². The SMILES string of the molecule is CCCCCN1CN(c2cccc(C)c2C)c2nc(C)c(Cc3ccccc3)c(=O)n2C1. The molecular weight excluding hydrogens is 396 g/mol. The molecule has 2 heterocycles. The van der Waals surface area contributed by atoms with E-state index in [0.29, 0.717) is 13.1 Å². The van der Waals surface area contributed by atoms with Crippen molar-refractivity contribution in [3.8, 4) is 0 Å². The Balaban J connectivity index is 1.79. The maximum atomic E-state index is 13.7. The van der Waals surface area contributed by atoms with Gasteiger partial charge in [0.1, 0.15) is 0 Å². The molecule has 3 aromatic rings. The highest BCUT2D eigenvalue weighted by atomic mass is 16.1. The molecule has 0 amide bonds. The van der Waals surface area contributed by atoms with Crippen LogP contribution in [0.2, 0.25) is 0 Å². The highest BCUT2D eigenvalue weighted by molar-refractivity contribution is 5.64. The lowest BCUT2D eigenvalue weighted by Crippen LogP contribution is -2.48. The molecule has 1 aliphatic rings. The molecule has 0 saturated heterocycles. The van der Waals surface area contributed by atoms with E-state index in [4.69, 9.17) is 4.98 Å². The summed E-state index contributed by atoms with van der Waals surface area (Å²) < 4.78 is 1.88. The van der Waals surface area contributed by atoms with Gasteiger partial charge in [-0.15, -0.1) is 0 Å². The Morgan fingerprint density at radius 1 is 0.938 bits per heavy atom. The molecule has 1 aromatic heterocycles. The first-order valence-corrected chi connectivity index (χ1v) is 11.7. The molecule has 1 aliphatic heterocycles. The predicted molar refractivity (Wildman–Crippen MR) is 132 cm³/mol. The van der Waals surface area contributed by atoms with E-state index in [9.17, 15) is 4.79 Å². The number of fused-ring (bicyclic) bond motifs is 1. The van der Waals surface area contributed by atoms with Crippen molar-refractivity contribution < 1.29 is 0 Å². The number of rotatable bonds is 7. The van der Waals surface area contributed by atoms with Crippen molar-refractivity contribution in [2.45, 2.75) is 60.0 Å². The smallest absolute Gasteiger partial charge is 0.259 e. The fourth-order valence-corrected chi connectivity index (χ4v) is 4.47. The quantitative estimate of drug-likeness (QED) is 0.476. The molecule has 5 nitrogen and oxygen atoms in total. The van der Waals surface area contributed by atoms with Crippen LogP contribution in [0.15, 0.2) is 53.3 Å². The number of nitrogens with zero attached hydrogens (tertiary/aromatic N) is 4. The fourth-order valence-electron chi connectivity index (χ4n) is 4.47. The molecule has 32 heavy (non-hydrogen) atoms. The summed E-state index contributed by atoms with van der Waals surface area (Å²) >= 11 is 0. The molecule has 0 saturated carbocycles. The first-order valence-electron chi connectivity index (χ1n) is 11.7. The Morgan fingerprint density at radius 2 is 1.72 bits per heavy atom. The molecular formula is C27H34N4O. The van der Waals surface area contributed by atoms with Gasteiger partial charge < -0.3 is 0 Å². The third-order valence-corrected chi connectivity index (χ3v) is 6.54. The number of unbranched alkanes of at least 4 members (excludes halogenated alkanes) is 2. The van der Waals surface area contributed by atoms with Gasteiger partial charge in [-0.05, 0) is 49.9 Å². The summed E-state index contributed by atoms with van der Waals surface area (Å²) in [4.78, 5) is 23.3. The molecule has 5 heteroatoms. The number of anilines is 2. The third-order valence-electron chi connectivity index (χ3n) is 6.54. The lowest BCUT2D eigenvalue weighted by Gasteiger charge is -2.39. The lowest BCUT2D eigenvalue weighted by molar-refractivity contribution is 0.194. The molecule has 0 radical (unpaired) electrons. The number of benzene rings is 2. The summed E-state index contributed by atoms with van der Waals surface area (Å²) in [5.41, 5.74) is 6.42. The number of aromatic nitrogens is 2. The van der Waals surface area contributed by atoms with Gasteiger partial charge in [-0.3, -0.25) is 19.2 Å². The second kappa shape index (κ2) is 9.70. The Labute approximate surface area is 191 Å². The van der Waals surface area contributed by atoms with Crippen molar-refractivity contribution in [3.05, 3.63) is 86.8 Å². The molecule has 2 aromatic carbocycles. The maximum absolute atomic E-state index is 13.7. The molecule has 0 bridgehead atoms. The highest BCUT2D eigenvalue weighted by Crippen LogP contribution is 2.31. The number of hydrogen-bond donors (Lipinski definition) is 0. The average molecular weight is 431 g/mol. The van der Waals surface area contributed by atoms with Crippen LogP contribution in [0.4, 0.5) is 11.6 Å². The van der Waals surface area contributed by atoms with Gasteiger partial charge in [-0.2, -0.15) is 0 Å². The zero-order valence-corrected chi connectivity index (χ0v) is 19.8. The van der Waals surface area contributed by atoms with Gasteiger partial charge in [-0.1, -0.05) is 62.2 Å². The average Bonchev–Trinajstić information content (AvgIpc) is 2.79. The van der Waals surface area contributed by atoms with Gasteiger partial charge in [-0.25, -0.2) is 4.98 Å². The van der Waals surface area contributed by atoms with Crippen LogP contribution in [-0.4, -0.2) is 27.7 Å². The van der Waals surface area contributed by atoms with E-state index in [0.717, 1.165) is 48.1 Å². The van der Waals surface area contributed by atoms with Gasteiger partial charge in [0.15, 0.2) is 0 Å². The normalized spacial score (nSPS) is 13.9. The number of aryl methyl sites for hydroxylation is 2. The van der Waals surface area contributed by atoms with Crippen molar-refractivity contribution in [2.75, 3.05) is 18.1 Å². The van der Waals surface area contributed by atoms with Gasteiger partial charge in [0.25, 0.3) is 5.56 Å². The summed E-state index contributed by atoms with van der Waals surface area (Å²) in [6.07, 6.45) is 4.13. The molecule has 0 aliphatic carbocycles. The zero-order valence-electron chi connectivity index (χ0n) is 19.8. The van der Waals surface area contributed by atoms with Crippen molar-refractivity contribution in [1.29, 1.82) is 0 Å². The van der Waals surface area contributed by atoms with Crippen LogP contribution in [0.1, 0.15) is 54.1 Å². The van der Waals surface area contributed by atoms with E-state index in [1.165, 1.54) is 24.0 Å². The lowest BCUT2D eigenvalue weighted by atomic mass is 10.0. The van der Waals surface area contributed by atoms with Crippen LogP contribution in [0.3, 0.4) is 0 Å². The van der Waals surface area contributed by atoms with Crippen molar-refractivity contribution >= 4 is 11.6 Å². The summed E-state index contributed by atoms with van der Waals surface area (Å²) in [6, 6.07) is 16.6. The Morgan fingerprint density at radius 3 is 2.47 bits per heavy atom. The second-order valence-electron chi connectivity index (χ2n) is 8.90. The molecule has 4 rings (SSSR count). The standard InChI is InChI=1S/C27H34N4O/c1-5-6-10-16-29-18-30(25-15-11-12-20(2)21(25)3)27-28-22(4)24(26(32)31(27)19-29)17-23-13-8-7-9-14-23/h7-9,11-15H,5-6,10,16-19H2,1-4H3. The summed E-state index contributed by atoms with van der Waals surface area (Å²) in [5.74, 6) is 0.754. The molecule has 168 valence electrons. The van der Waals surface area contributed by atoms with Crippen LogP contribution in [-0.2, 0) is 13.1 Å². The zero-order chi connectivity index (χ0) is 22.7. The first kappa shape index (κ1) is 22.3. The van der Waals surface area contributed by atoms with Gasteiger partial charge in [0.2, 0.25) is 5.95 Å². The van der Waals surface area contributed by atoms with Crippen LogP contribution in [0.25, 0.3) is 0 Å². The monoisotopic (exact) mass is 430 g/mol. The molecule has 0 N–H and O–H groups in total. The minimum atomic E-state index is 0.0758. The van der Waals surface area contributed by atoms with E-state index < -0.39 is 0 Å². The topological polar surface area (TPSA) is 41.4 Å². The summed E-state index contributed by atoms with van der Waals surface area (Å²) in [7, 11) is 0. The predicted octanol–water partition coefficient (Wildman–Crippen LogP) is 5.32. The molecule has 0 spiro atoms. The second-order valence-corrected chi connectivity index (χ2v) is 8.90. The highest BCUT2D eigenvalue weighted by Gasteiger charge is 2.28. The Hall–Kier alpha value is -2.92. The molecule has 0 unspecified atom stereocenters. The maximum Gasteiger partial charge on any atom is 0.259 e. The van der Waals surface area contributed by atoms with Gasteiger partial charge >= 0.3 is 0 Å². The third kappa shape index (κ3) is 4.49.